The lowest BCUT2D eigenvalue weighted by Crippen LogP contribution is -2.29. The minimum Gasteiger partial charge on any atom is -0.481 e. The average molecular weight is 235 g/mol. The van der Waals surface area contributed by atoms with Gasteiger partial charge >= 0.3 is 5.97 Å². The Hall–Kier alpha value is -1.16. The zero-order chi connectivity index (χ0) is 11.8. The number of carbonyl (C=O) groups is 1. The molecule has 1 aromatic carbocycles. The van der Waals surface area contributed by atoms with Crippen LogP contribution in [0.1, 0.15) is 19.4 Å². The summed E-state index contributed by atoms with van der Waals surface area (Å²) in [6.45, 7) is 2.59. The van der Waals surface area contributed by atoms with Crippen molar-refractivity contribution in [3.8, 4) is 0 Å². The molecule has 0 aromatic heterocycles. The predicted octanol–water partition coefficient (Wildman–Crippen LogP) is 2.98. The fourth-order valence-electron chi connectivity index (χ4n) is 1.12. The van der Waals surface area contributed by atoms with Crippen molar-refractivity contribution >= 4 is 17.6 Å². The Morgan fingerprint density at radius 3 is 2.33 bits per heavy atom. The number of hydrogen-bond donors (Lipinski definition) is 1. The normalized spacial score (nSPS) is 11.5. The smallest absolute Gasteiger partial charge is 0.313 e. The van der Waals surface area contributed by atoms with Gasteiger partial charge in [-0.05, 0) is 26.0 Å². The molecule has 0 aliphatic carbocycles. The summed E-state index contributed by atoms with van der Waals surface area (Å²) in [5.41, 5.74) is -1.72. The predicted molar refractivity (Wildman–Crippen MR) is 52.0 cm³/mol. The van der Waals surface area contributed by atoms with Crippen molar-refractivity contribution in [3.05, 3.63) is 34.4 Å². The molecule has 1 N–H and O–H groups in total. The topological polar surface area (TPSA) is 37.3 Å². The molecule has 0 spiro atoms. The zero-order valence-electron chi connectivity index (χ0n) is 8.14. The molecule has 5 heteroatoms. The Morgan fingerprint density at radius 1 is 1.33 bits per heavy atom. The Morgan fingerprint density at radius 2 is 1.87 bits per heavy atom. The number of carboxylic acids is 1. The van der Waals surface area contributed by atoms with Crippen LogP contribution in [0.15, 0.2) is 12.1 Å². The van der Waals surface area contributed by atoms with E-state index in [-0.39, 0.29) is 10.6 Å². The number of benzene rings is 1. The van der Waals surface area contributed by atoms with E-state index < -0.39 is 23.0 Å². The Bertz CT molecular complexity index is 416. The van der Waals surface area contributed by atoms with Crippen LogP contribution in [-0.4, -0.2) is 11.1 Å². The minimum absolute atomic E-state index is 0.225. The SMILES string of the molecule is CC(C)(C(=O)O)c1cc(F)c(Cl)cc1F. The molecule has 82 valence electrons. The quantitative estimate of drug-likeness (QED) is 0.799. The number of halogens is 3. The zero-order valence-corrected chi connectivity index (χ0v) is 8.90. The molecule has 0 fully saturated rings. The molecule has 0 bridgehead atoms. The van der Waals surface area contributed by atoms with Gasteiger partial charge in [0.1, 0.15) is 11.6 Å². The highest BCUT2D eigenvalue weighted by molar-refractivity contribution is 6.30. The third-order valence-electron chi connectivity index (χ3n) is 2.22. The summed E-state index contributed by atoms with van der Waals surface area (Å²) in [6, 6.07) is 1.59. The molecule has 15 heavy (non-hydrogen) atoms. The summed E-state index contributed by atoms with van der Waals surface area (Å²) in [5.74, 6) is -2.89. The molecule has 0 saturated carbocycles. The maximum absolute atomic E-state index is 13.4. The first-order chi connectivity index (χ1) is 6.76. The van der Waals surface area contributed by atoms with E-state index in [0.29, 0.717) is 0 Å². The van der Waals surface area contributed by atoms with Gasteiger partial charge in [-0.3, -0.25) is 4.79 Å². The first-order valence-corrected chi connectivity index (χ1v) is 4.53. The molecule has 1 aromatic rings. The van der Waals surface area contributed by atoms with Crippen LogP contribution in [0, 0.1) is 11.6 Å². The highest BCUT2D eigenvalue weighted by Gasteiger charge is 2.33. The van der Waals surface area contributed by atoms with Gasteiger partial charge in [0.15, 0.2) is 0 Å². The number of carboxylic acid groups (broad SMARTS) is 1. The van der Waals surface area contributed by atoms with E-state index in [9.17, 15) is 13.6 Å². The second-order valence-corrected chi connectivity index (χ2v) is 4.08. The summed E-state index contributed by atoms with van der Waals surface area (Å²) in [5, 5.41) is 8.49. The van der Waals surface area contributed by atoms with Crippen LogP contribution < -0.4 is 0 Å². The highest BCUT2D eigenvalue weighted by Crippen LogP contribution is 2.29. The van der Waals surface area contributed by atoms with Gasteiger partial charge in [-0.2, -0.15) is 0 Å². The van der Waals surface area contributed by atoms with E-state index in [1.54, 1.807) is 0 Å². The fraction of sp³-hybridized carbons (Fsp3) is 0.300. The standard InChI is InChI=1S/C10H9ClF2O2/c1-10(2,9(14)15)5-3-8(13)6(11)4-7(5)12/h3-4H,1-2H3,(H,14,15). The van der Waals surface area contributed by atoms with Gasteiger partial charge < -0.3 is 5.11 Å². The largest absolute Gasteiger partial charge is 0.481 e. The van der Waals surface area contributed by atoms with E-state index in [2.05, 4.69) is 0 Å². The second kappa shape index (κ2) is 3.77. The number of rotatable bonds is 2. The van der Waals surface area contributed by atoms with Crippen LogP contribution in [-0.2, 0) is 10.2 Å². The lowest BCUT2D eigenvalue weighted by Gasteiger charge is -2.20. The molecule has 0 unspecified atom stereocenters. The van der Waals surface area contributed by atoms with Gasteiger partial charge in [-0.1, -0.05) is 11.6 Å². The lowest BCUT2D eigenvalue weighted by atomic mass is 9.84. The Balaban J connectivity index is 3.38. The molecule has 2 nitrogen and oxygen atoms in total. The molecule has 0 saturated heterocycles. The molecule has 0 atom stereocenters. The van der Waals surface area contributed by atoms with Crippen LogP contribution in [0.2, 0.25) is 5.02 Å². The van der Waals surface area contributed by atoms with Gasteiger partial charge in [0.05, 0.1) is 10.4 Å². The molecular weight excluding hydrogens is 226 g/mol. The molecular formula is C10H9ClF2O2. The molecule has 0 radical (unpaired) electrons. The maximum atomic E-state index is 13.4. The molecule has 0 heterocycles. The maximum Gasteiger partial charge on any atom is 0.313 e. The van der Waals surface area contributed by atoms with Crippen molar-refractivity contribution < 1.29 is 18.7 Å². The first-order valence-electron chi connectivity index (χ1n) is 4.15. The summed E-state index contributed by atoms with van der Waals surface area (Å²) in [7, 11) is 0. The van der Waals surface area contributed by atoms with Crippen LogP contribution in [0.3, 0.4) is 0 Å². The van der Waals surface area contributed by atoms with E-state index in [1.165, 1.54) is 13.8 Å². The molecule has 1 rings (SSSR count). The van der Waals surface area contributed by atoms with Crippen LogP contribution >= 0.6 is 11.6 Å². The summed E-state index contributed by atoms with van der Waals surface area (Å²) >= 11 is 5.35. The van der Waals surface area contributed by atoms with Crippen LogP contribution in [0.5, 0.6) is 0 Å². The average Bonchev–Trinajstić information content (AvgIpc) is 2.10. The number of hydrogen-bond acceptors (Lipinski definition) is 1. The van der Waals surface area contributed by atoms with E-state index in [4.69, 9.17) is 16.7 Å². The molecule has 0 amide bonds. The van der Waals surface area contributed by atoms with Gasteiger partial charge in [0, 0.05) is 5.56 Å². The third kappa shape index (κ3) is 2.09. The van der Waals surface area contributed by atoms with Gasteiger partial charge in [0.25, 0.3) is 0 Å². The fourth-order valence-corrected chi connectivity index (χ4v) is 1.27. The molecule has 0 aliphatic heterocycles. The van der Waals surface area contributed by atoms with Crippen molar-refractivity contribution in [2.75, 3.05) is 0 Å². The van der Waals surface area contributed by atoms with Gasteiger partial charge in [0.2, 0.25) is 0 Å². The van der Waals surface area contributed by atoms with Crippen molar-refractivity contribution in [1.82, 2.24) is 0 Å². The monoisotopic (exact) mass is 234 g/mol. The highest BCUT2D eigenvalue weighted by atomic mass is 35.5. The van der Waals surface area contributed by atoms with Crippen molar-refractivity contribution in [3.63, 3.8) is 0 Å². The van der Waals surface area contributed by atoms with Gasteiger partial charge in [-0.25, -0.2) is 8.78 Å². The van der Waals surface area contributed by atoms with Crippen LogP contribution in [0.25, 0.3) is 0 Å². The lowest BCUT2D eigenvalue weighted by molar-refractivity contribution is -0.142. The van der Waals surface area contributed by atoms with Crippen molar-refractivity contribution in [2.24, 2.45) is 0 Å². The first kappa shape index (κ1) is 11.9. The second-order valence-electron chi connectivity index (χ2n) is 3.68. The summed E-state index contributed by atoms with van der Waals surface area (Å²) < 4.78 is 26.4. The Labute approximate surface area is 90.5 Å². The summed E-state index contributed by atoms with van der Waals surface area (Å²) in [4.78, 5) is 10.8. The summed E-state index contributed by atoms with van der Waals surface area (Å²) in [6.07, 6.45) is 0. The minimum atomic E-state index is -1.49. The van der Waals surface area contributed by atoms with Gasteiger partial charge in [-0.15, -0.1) is 0 Å². The third-order valence-corrected chi connectivity index (χ3v) is 2.51. The van der Waals surface area contributed by atoms with Crippen LogP contribution in [0.4, 0.5) is 8.78 Å². The van der Waals surface area contributed by atoms with E-state index in [1.807, 2.05) is 0 Å². The molecule has 0 aliphatic rings. The number of aliphatic carboxylic acids is 1. The van der Waals surface area contributed by atoms with Crippen molar-refractivity contribution in [2.45, 2.75) is 19.3 Å². The Kier molecular flexibility index (Phi) is 3.00. The van der Waals surface area contributed by atoms with E-state index >= 15 is 0 Å². The van der Waals surface area contributed by atoms with E-state index in [0.717, 1.165) is 12.1 Å². The van der Waals surface area contributed by atoms with Crippen molar-refractivity contribution in [1.29, 1.82) is 0 Å².